The molecule has 0 aliphatic rings. The molecule has 7 heteroatoms. The summed E-state index contributed by atoms with van der Waals surface area (Å²) in [6, 6.07) is 0. The van der Waals surface area contributed by atoms with Crippen molar-refractivity contribution < 1.29 is 5.11 Å². The number of rotatable bonds is 6. The van der Waals surface area contributed by atoms with Crippen molar-refractivity contribution in [1.29, 1.82) is 0 Å². The smallest absolute Gasteiger partial charge is 0.228 e. The fourth-order valence-electron chi connectivity index (χ4n) is 0.903. The van der Waals surface area contributed by atoms with Crippen LogP contribution in [0.4, 0.5) is 5.95 Å². The standard InChI is InChI=1S/C9H15ClN4OS/c1-3-11-8-12-7(10)13-9(14-8)16-5-6(2)4-15/h6,15H,3-5H2,1-2H3,(H,11,12,13,14). The van der Waals surface area contributed by atoms with Crippen LogP contribution in [0.3, 0.4) is 0 Å². The van der Waals surface area contributed by atoms with Gasteiger partial charge >= 0.3 is 0 Å². The Hall–Kier alpha value is -0.590. The van der Waals surface area contributed by atoms with E-state index in [1.807, 2.05) is 13.8 Å². The highest BCUT2D eigenvalue weighted by Crippen LogP contribution is 2.19. The van der Waals surface area contributed by atoms with Gasteiger partial charge in [0.15, 0.2) is 5.16 Å². The quantitative estimate of drug-likeness (QED) is 0.760. The molecular formula is C9H15ClN4OS. The van der Waals surface area contributed by atoms with Crippen LogP contribution in [-0.4, -0.2) is 39.0 Å². The van der Waals surface area contributed by atoms with Gasteiger partial charge in [-0.15, -0.1) is 0 Å². The Bertz CT molecular complexity index is 339. The normalized spacial score (nSPS) is 12.5. The van der Waals surface area contributed by atoms with Crippen molar-refractivity contribution in [1.82, 2.24) is 15.0 Å². The van der Waals surface area contributed by atoms with Crippen LogP contribution >= 0.6 is 23.4 Å². The van der Waals surface area contributed by atoms with E-state index in [-0.39, 0.29) is 17.8 Å². The van der Waals surface area contributed by atoms with E-state index in [0.29, 0.717) is 11.1 Å². The summed E-state index contributed by atoms with van der Waals surface area (Å²) in [6.07, 6.45) is 0. The Morgan fingerprint density at radius 2 is 2.19 bits per heavy atom. The van der Waals surface area contributed by atoms with Crippen molar-refractivity contribution >= 4 is 29.3 Å². The highest BCUT2D eigenvalue weighted by molar-refractivity contribution is 7.99. The Kier molecular flexibility index (Phi) is 5.79. The van der Waals surface area contributed by atoms with E-state index in [4.69, 9.17) is 16.7 Å². The molecule has 5 nitrogen and oxygen atoms in total. The largest absolute Gasteiger partial charge is 0.396 e. The molecule has 0 aliphatic carbocycles. The summed E-state index contributed by atoms with van der Waals surface area (Å²) in [5.74, 6) is 1.45. The molecule has 0 spiro atoms. The van der Waals surface area contributed by atoms with Gasteiger partial charge in [-0.05, 0) is 24.4 Å². The maximum atomic E-state index is 8.90. The van der Waals surface area contributed by atoms with E-state index < -0.39 is 0 Å². The number of hydrogen-bond donors (Lipinski definition) is 2. The zero-order valence-corrected chi connectivity index (χ0v) is 10.8. The molecule has 2 N–H and O–H groups in total. The average Bonchev–Trinajstić information content (AvgIpc) is 2.25. The second-order valence-corrected chi connectivity index (χ2v) is 4.66. The van der Waals surface area contributed by atoms with Crippen molar-refractivity contribution in [3.05, 3.63) is 5.28 Å². The molecular weight excluding hydrogens is 248 g/mol. The van der Waals surface area contributed by atoms with Gasteiger partial charge in [-0.25, -0.2) is 0 Å². The Morgan fingerprint density at radius 3 is 2.81 bits per heavy atom. The molecule has 0 amide bonds. The van der Waals surface area contributed by atoms with Gasteiger partial charge in [-0.1, -0.05) is 18.7 Å². The molecule has 0 fully saturated rings. The summed E-state index contributed by atoms with van der Waals surface area (Å²) in [5.41, 5.74) is 0. The topological polar surface area (TPSA) is 70.9 Å². The molecule has 1 aromatic rings. The van der Waals surface area contributed by atoms with Crippen LogP contribution in [0.5, 0.6) is 0 Å². The number of nitrogens with zero attached hydrogens (tertiary/aromatic N) is 3. The third-order valence-electron chi connectivity index (χ3n) is 1.73. The summed E-state index contributed by atoms with van der Waals surface area (Å²) in [7, 11) is 0. The van der Waals surface area contributed by atoms with Crippen molar-refractivity contribution in [2.24, 2.45) is 5.92 Å². The number of nitrogens with one attached hydrogen (secondary N) is 1. The number of halogens is 1. The molecule has 90 valence electrons. The van der Waals surface area contributed by atoms with Gasteiger partial charge in [0.2, 0.25) is 11.2 Å². The molecule has 16 heavy (non-hydrogen) atoms. The minimum Gasteiger partial charge on any atom is -0.396 e. The van der Waals surface area contributed by atoms with Crippen LogP contribution in [0.2, 0.25) is 5.28 Å². The molecule has 0 bridgehead atoms. The Morgan fingerprint density at radius 1 is 1.44 bits per heavy atom. The maximum Gasteiger partial charge on any atom is 0.228 e. The van der Waals surface area contributed by atoms with Crippen LogP contribution < -0.4 is 5.32 Å². The number of thioether (sulfide) groups is 1. The van der Waals surface area contributed by atoms with Crippen LogP contribution in [0.1, 0.15) is 13.8 Å². The summed E-state index contributed by atoms with van der Waals surface area (Å²) in [4.78, 5) is 12.1. The summed E-state index contributed by atoms with van der Waals surface area (Å²) in [5, 5.41) is 12.6. The number of hydrogen-bond acceptors (Lipinski definition) is 6. The predicted octanol–water partition coefficient (Wildman–Crippen LogP) is 1.68. The average molecular weight is 263 g/mol. The molecule has 1 aromatic heterocycles. The number of aromatic nitrogens is 3. The maximum absolute atomic E-state index is 8.90. The van der Waals surface area contributed by atoms with Gasteiger partial charge in [-0.2, -0.15) is 15.0 Å². The van der Waals surface area contributed by atoms with E-state index in [2.05, 4.69) is 20.3 Å². The molecule has 1 atom stereocenters. The second-order valence-electron chi connectivity index (χ2n) is 3.34. The fourth-order valence-corrected chi connectivity index (χ4v) is 1.95. The fraction of sp³-hybridized carbons (Fsp3) is 0.667. The lowest BCUT2D eigenvalue weighted by Gasteiger charge is -2.07. The summed E-state index contributed by atoms with van der Waals surface area (Å²) in [6.45, 7) is 4.81. The monoisotopic (exact) mass is 262 g/mol. The van der Waals surface area contributed by atoms with Crippen LogP contribution in [0.15, 0.2) is 5.16 Å². The SMILES string of the molecule is CCNc1nc(Cl)nc(SCC(C)CO)n1. The first-order chi connectivity index (χ1) is 7.65. The van der Waals surface area contributed by atoms with Gasteiger partial charge < -0.3 is 10.4 Å². The first kappa shape index (κ1) is 13.5. The molecule has 1 heterocycles. The molecule has 0 saturated carbocycles. The lowest BCUT2D eigenvalue weighted by atomic mass is 10.2. The Labute approximate surface area is 104 Å². The third-order valence-corrected chi connectivity index (χ3v) is 3.08. The minimum atomic E-state index is 0.159. The van der Waals surface area contributed by atoms with Gasteiger partial charge in [0.1, 0.15) is 0 Å². The zero-order chi connectivity index (χ0) is 12.0. The lowest BCUT2D eigenvalue weighted by Crippen LogP contribution is -2.07. The van der Waals surface area contributed by atoms with E-state index >= 15 is 0 Å². The molecule has 0 radical (unpaired) electrons. The molecule has 0 aliphatic heterocycles. The van der Waals surface area contributed by atoms with Gasteiger partial charge in [-0.3, -0.25) is 0 Å². The van der Waals surface area contributed by atoms with Crippen molar-refractivity contribution in [3.63, 3.8) is 0 Å². The van der Waals surface area contributed by atoms with E-state index in [9.17, 15) is 0 Å². The summed E-state index contributed by atoms with van der Waals surface area (Å²) >= 11 is 7.23. The molecule has 1 rings (SSSR count). The second kappa shape index (κ2) is 6.88. The van der Waals surface area contributed by atoms with E-state index in [1.165, 1.54) is 11.8 Å². The molecule has 0 aromatic carbocycles. The number of aliphatic hydroxyl groups is 1. The highest BCUT2D eigenvalue weighted by Gasteiger charge is 2.07. The van der Waals surface area contributed by atoms with Crippen molar-refractivity contribution in [3.8, 4) is 0 Å². The van der Waals surface area contributed by atoms with Crippen molar-refractivity contribution in [2.75, 3.05) is 24.2 Å². The number of aliphatic hydroxyl groups excluding tert-OH is 1. The molecule has 0 saturated heterocycles. The van der Waals surface area contributed by atoms with E-state index in [0.717, 1.165) is 12.3 Å². The third kappa shape index (κ3) is 4.51. The van der Waals surface area contributed by atoms with Crippen molar-refractivity contribution in [2.45, 2.75) is 19.0 Å². The Balaban J connectivity index is 2.64. The van der Waals surface area contributed by atoms with Gasteiger partial charge in [0.25, 0.3) is 0 Å². The summed E-state index contributed by atoms with van der Waals surface area (Å²) < 4.78 is 0. The minimum absolute atomic E-state index is 0.159. The highest BCUT2D eigenvalue weighted by atomic mass is 35.5. The zero-order valence-electron chi connectivity index (χ0n) is 9.27. The van der Waals surface area contributed by atoms with E-state index in [1.54, 1.807) is 0 Å². The predicted molar refractivity (Wildman–Crippen MR) is 66.0 cm³/mol. The number of anilines is 1. The van der Waals surface area contributed by atoms with Crippen LogP contribution in [0.25, 0.3) is 0 Å². The van der Waals surface area contributed by atoms with Crippen LogP contribution in [-0.2, 0) is 0 Å². The van der Waals surface area contributed by atoms with Crippen LogP contribution in [0, 0.1) is 5.92 Å². The lowest BCUT2D eigenvalue weighted by molar-refractivity contribution is 0.250. The first-order valence-corrected chi connectivity index (χ1v) is 6.41. The van der Waals surface area contributed by atoms with Gasteiger partial charge in [0, 0.05) is 18.9 Å². The first-order valence-electron chi connectivity index (χ1n) is 5.04. The molecule has 1 unspecified atom stereocenters. The van der Waals surface area contributed by atoms with Gasteiger partial charge in [0.05, 0.1) is 0 Å².